The molecule has 114 valence electrons. The van der Waals surface area contributed by atoms with Crippen molar-refractivity contribution >= 4 is 11.8 Å². The Morgan fingerprint density at radius 3 is 2.10 bits per heavy atom. The molecular formula is C16H26O4. The summed E-state index contributed by atoms with van der Waals surface area (Å²) >= 11 is 0. The van der Waals surface area contributed by atoms with E-state index in [0.29, 0.717) is 6.42 Å². The lowest BCUT2D eigenvalue weighted by Crippen LogP contribution is -2.24. The van der Waals surface area contributed by atoms with Gasteiger partial charge >= 0.3 is 5.97 Å². The third-order valence-corrected chi connectivity index (χ3v) is 2.06. The first-order valence-corrected chi connectivity index (χ1v) is 6.65. The topological polar surface area (TPSA) is 63.6 Å². The summed E-state index contributed by atoms with van der Waals surface area (Å²) < 4.78 is 4.86. The molecule has 4 nitrogen and oxygen atoms in total. The highest BCUT2D eigenvalue weighted by atomic mass is 16.5. The standard InChI is InChI=1S/C11H14O3.C3H6O.C2H6/c1-8-4-3-5-9(6-8)7-10(14-2)11(12)13;1-3(2)4;1-2/h3-6,10H,7H2,1-2H3,(H,12,13);1-2H3;1-2H3. The Labute approximate surface area is 121 Å². The number of ether oxygens (including phenoxy) is 1. The van der Waals surface area contributed by atoms with E-state index in [1.807, 2.05) is 45.0 Å². The van der Waals surface area contributed by atoms with Crippen LogP contribution in [-0.2, 0) is 20.7 Å². The first-order chi connectivity index (χ1) is 9.36. The maximum atomic E-state index is 10.7. The predicted octanol–water partition coefficient (Wildman–Crippen LogP) is 3.26. The average Bonchev–Trinajstić information content (AvgIpc) is 2.37. The fourth-order valence-electron chi connectivity index (χ4n) is 1.32. The molecule has 1 aromatic rings. The lowest BCUT2D eigenvalue weighted by molar-refractivity contribution is -0.148. The zero-order valence-corrected chi connectivity index (χ0v) is 13.3. The van der Waals surface area contributed by atoms with Crippen LogP contribution in [0.15, 0.2) is 24.3 Å². The number of methoxy groups -OCH3 is 1. The molecule has 0 heterocycles. The molecular weight excluding hydrogens is 256 g/mol. The van der Waals surface area contributed by atoms with Gasteiger partial charge in [0.05, 0.1) is 0 Å². The number of aryl methyl sites for hydroxylation is 1. The maximum absolute atomic E-state index is 10.7. The molecule has 1 rings (SSSR count). The van der Waals surface area contributed by atoms with Crippen molar-refractivity contribution in [2.45, 2.75) is 47.1 Å². The molecule has 0 aliphatic carbocycles. The van der Waals surface area contributed by atoms with Crippen LogP contribution in [0.5, 0.6) is 0 Å². The number of ketones is 1. The van der Waals surface area contributed by atoms with E-state index in [-0.39, 0.29) is 5.78 Å². The molecule has 0 spiro atoms. The summed E-state index contributed by atoms with van der Waals surface area (Å²) in [5.74, 6) is -0.756. The van der Waals surface area contributed by atoms with E-state index in [4.69, 9.17) is 9.84 Å². The summed E-state index contributed by atoms with van der Waals surface area (Å²) in [6.07, 6.45) is -0.343. The molecule has 0 saturated carbocycles. The molecule has 0 aliphatic rings. The van der Waals surface area contributed by atoms with Crippen LogP contribution in [0, 0.1) is 6.92 Å². The number of carbonyl (C=O) groups excluding carboxylic acids is 1. The van der Waals surface area contributed by atoms with E-state index in [2.05, 4.69) is 0 Å². The number of hydrogen-bond donors (Lipinski definition) is 1. The van der Waals surface area contributed by atoms with Crippen molar-refractivity contribution in [1.29, 1.82) is 0 Å². The molecule has 1 atom stereocenters. The van der Waals surface area contributed by atoms with Crippen LogP contribution in [0.4, 0.5) is 0 Å². The number of carboxylic acids is 1. The van der Waals surface area contributed by atoms with Gasteiger partial charge in [0, 0.05) is 13.5 Å². The SMILES string of the molecule is CC.CC(C)=O.COC(Cc1cccc(C)c1)C(=O)O. The van der Waals surface area contributed by atoms with Gasteiger partial charge in [-0.1, -0.05) is 43.7 Å². The van der Waals surface area contributed by atoms with Crippen molar-refractivity contribution < 1.29 is 19.4 Å². The molecule has 0 aromatic heterocycles. The Morgan fingerprint density at radius 1 is 1.25 bits per heavy atom. The first kappa shape index (κ1) is 20.6. The summed E-state index contributed by atoms with van der Waals surface area (Å²) in [6, 6.07) is 7.77. The fourth-order valence-corrected chi connectivity index (χ4v) is 1.32. The van der Waals surface area contributed by atoms with Gasteiger partial charge in [0.15, 0.2) is 6.10 Å². The lowest BCUT2D eigenvalue weighted by atomic mass is 10.1. The normalized spacial score (nSPS) is 10.3. The van der Waals surface area contributed by atoms with Crippen molar-refractivity contribution in [3.63, 3.8) is 0 Å². The monoisotopic (exact) mass is 282 g/mol. The van der Waals surface area contributed by atoms with Gasteiger partial charge < -0.3 is 14.6 Å². The first-order valence-electron chi connectivity index (χ1n) is 6.65. The van der Waals surface area contributed by atoms with Crippen molar-refractivity contribution in [3.05, 3.63) is 35.4 Å². The molecule has 1 N–H and O–H groups in total. The molecule has 0 radical (unpaired) electrons. The van der Waals surface area contributed by atoms with Gasteiger partial charge in [0.1, 0.15) is 5.78 Å². The van der Waals surface area contributed by atoms with Crippen LogP contribution in [-0.4, -0.2) is 30.1 Å². The number of rotatable bonds is 4. The van der Waals surface area contributed by atoms with Gasteiger partial charge in [0.2, 0.25) is 0 Å². The average molecular weight is 282 g/mol. The van der Waals surface area contributed by atoms with Gasteiger partial charge in [-0.25, -0.2) is 4.79 Å². The van der Waals surface area contributed by atoms with Crippen molar-refractivity contribution in [3.8, 4) is 0 Å². The smallest absolute Gasteiger partial charge is 0.333 e. The van der Waals surface area contributed by atoms with E-state index in [1.165, 1.54) is 21.0 Å². The van der Waals surface area contributed by atoms with Crippen LogP contribution in [0.3, 0.4) is 0 Å². The van der Waals surface area contributed by atoms with Gasteiger partial charge in [-0.05, 0) is 26.3 Å². The van der Waals surface area contributed by atoms with Crippen LogP contribution >= 0.6 is 0 Å². The Bertz CT molecular complexity index is 395. The van der Waals surface area contributed by atoms with E-state index in [1.54, 1.807) is 0 Å². The van der Waals surface area contributed by atoms with Crippen LogP contribution in [0.2, 0.25) is 0 Å². The van der Waals surface area contributed by atoms with Gasteiger partial charge in [-0.15, -0.1) is 0 Å². The zero-order chi connectivity index (χ0) is 16.1. The minimum atomic E-state index is -0.922. The number of benzene rings is 1. The Balaban J connectivity index is 0. The Morgan fingerprint density at radius 2 is 1.75 bits per heavy atom. The Hall–Kier alpha value is -1.68. The number of carboxylic acid groups (broad SMARTS) is 1. The van der Waals surface area contributed by atoms with E-state index in [0.717, 1.165) is 11.1 Å². The number of hydrogen-bond acceptors (Lipinski definition) is 3. The summed E-state index contributed by atoms with van der Waals surface area (Å²) in [7, 11) is 1.41. The fraction of sp³-hybridized carbons (Fsp3) is 0.500. The van der Waals surface area contributed by atoms with Gasteiger partial charge in [-0.2, -0.15) is 0 Å². The zero-order valence-electron chi connectivity index (χ0n) is 13.3. The van der Waals surface area contributed by atoms with Crippen LogP contribution in [0.1, 0.15) is 38.8 Å². The highest BCUT2D eigenvalue weighted by Gasteiger charge is 2.16. The number of aliphatic carboxylic acids is 1. The van der Waals surface area contributed by atoms with Crippen LogP contribution in [0.25, 0.3) is 0 Å². The van der Waals surface area contributed by atoms with E-state index < -0.39 is 12.1 Å². The third-order valence-electron chi connectivity index (χ3n) is 2.06. The van der Waals surface area contributed by atoms with Crippen LogP contribution < -0.4 is 0 Å². The third kappa shape index (κ3) is 11.4. The van der Waals surface area contributed by atoms with E-state index in [9.17, 15) is 9.59 Å². The summed E-state index contributed by atoms with van der Waals surface area (Å²) in [5.41, 5.74) is 2.11. The van der Waals surface area contributed by atoms with Crippen molar-refractivity contribution in [2.24, 2.45) is 0 Å². The molecule has 4 heteroatoms. The second kappa shape index (κ2) is 12.4. The molecule has 1 unspecified atom stereocenters. The highest BCUT2D eigenvalue weighted by Crippen LogP contribution is 2.08. The summed E-state index contributed by atoms with van der Waals surface area (Å²) in [4.78, 5) is 20.1. The quantitative estimate of drug-likeness (QED) is 0.920. The highest BCUT2D eigenvalue weighted by molar-refractivity contribution is 5.72. The lowest BCUT2D eigenvalue weighted by Gasteiger charge is -2.10. The molecule has 0 saturated heterocycles. The number of Topliss-reactive ketones (excluding diaryl/α,β-unsaturated/α-hetero) is 1. The molecule has 0 amide bonds. The Kier molecular flexibility index (Phi) is 12.8. The predicted molar refractivity (Wildman–Crippen MR) is 81.0 cm³/mol. The molecule has 0 aliphatic heterocycles. The maximum Gasteiger partial charge on any atom is 0.333 e. The minimum Gasteiger partial charge on any atom is -0.479 e. The molecule has 0 fully saturated rings. The van der Waals surface area contributed by atoms with Gasteiger partial charge in [0.25, 0.3) is 0 Å². The molecule has 0 bridgehead atoms. The van der Waals surface area contributed by atoms with Crippen molar-refractivity contribution in [1.82, 2.24) is 0 Å². The second-order valence-electron chi connectivity index (χ2n) is 4.16. The van der Waals surface area contributed by atoms with E-state index >= 15 is 0 Å². The molecule has 1 aromatic carbocycles. The summed E-state index contributed by atoms with van der Waals surface area (Å²) in [6.45, 7) is 9.03. The van der Waals surface area contributed by atoms with Gasteiger partial charge in [-0.3, -0.25) is 0 Å². The second-order valence-corrected chi connectivity index (χ2v) is 4.16. The minimum absolute atomic E-state index is 0.167. The largest absolute Gasteiger partial charge is 0.479 e. The number of carbonyl (C=O) groups is 2. The van der Waals surface area contributed by atoms with Crippen molar-refractivity contribution in [2.75, 3.05) is 7.11 Å². The molecule has 20 heavy (non-hydrogen) atoms. The summed E-state index contributed by atoms with van der Waals surface area (Å²) in [5, 5.41) is 8.78.